The Kier molecular flexibility index (Phi) is 3.74. The molecule has 2 heterocycles. The Balaban J connectivity index is 1.88. The zero-order chi connectivity index (χ0) is 13.8. The summed E-state index contributed by atoms with van der Waals surface area (Å²) in [6.45, 7) is 1.48. The zero-order valence-corrected chi connectivity index (χ0v) is 11.5. The lowest BCUT2D eigenvalue weighted by molar-refractivity contribution is 0.241. The lowest BCUT2D eigenvalue weighted by Gasteiger charge is -2.17. The molecule has 1 aliphatic rings. The molecule has 102 valence electrons. The molecule has 4 nitrogen and oxygen atoms in total. The molecule has 1 aliphatic heterocycles. The first-order chi connectivity index (χ1) is 9.81. The summed E-state index contributed by atoms with van der Waals surface area (Å²) in [5.74, 6) is 0.780. The molecule has 0 fully saturated rings. The minimum absolute atomic E-state index is 0.661. The highest BCUT2D eigenvalue weighted by Crippen LogP contribution is 2.25. The van der Waals surface area contributed by atoms with Crippen LogP contribution in [0.2, 0.25) is 5.02 Å². The number of anilines is 2. The first kappa shape index (κ1) is 12.8. The van der Waals surface area contributed by atoms with Crippen LogP contribution in [0.25, 0.3) is 5.70 Å². The second-order valence-electron chi connectivity index (χ2n) is 4.40. The molecular formula is C15H14ClN3O. The van der Waals surface area contributed by atoms with Gasteiger partial charge in [0.25, 0.3) is 0 Å². The third-order valence-corrected chi connectivity index (χ3v) is 3.10. The highest BCUT2D eigenvalue weighted by Gasteiger charge is 2.08. The summed E-state index contributed by atoms with van der Waals surface area (Å²) in [4.78, 5) is 4.24. The topological polar surface area (TPSA) is 46.2 Å². The van der Waals surface area contributed by atoms with Crippen LogP contribution in [0.15, 0.2) is 48.9 Å². The summed E-state index contributed by atoms with van der Waals surface area (Å²) >= 11 is 6.18. The molecule has 5 heteroatoms. The fraction of sp³-hybridized carbons (Fsp3) is 0.133. The van der Waals surface area contributed by atoms with Crippen LogP contribution in [0.3, 0.4) is 0 Å². The van der Waals surface area contributed by atoms with Crippen molar-refractivity contribution in [3.8, 4) is 0 Å². The van der Waals surface area contributed by atoms with Gasteiger partial charge in [0.1, 0.15) is 18.7 Å². The van der Waals surface area contributed by atoms with E-state index in [1.54, 1.807) is 12.5 Å². The van der Waals surface area contributed by atoms with E-state index in [0.717, 1.165) is 29.3 Å². The highest BCUT2D eigenvalue weighted by atomic mass is 35.5. The summed E-state index contributed by atoms with van der Waals surface area (Å²) in [6.07, 6.45) is 3.46. The number of pyridine rings is 1. The predicted octanol–water partition coefficient (Wildman–Crippen LogP) is 3.40. The normalized spacial score (nSPS) is 13.9. The van der Waals surface area contributed by atoms with Crippen LogP contribution in [0, 0.1) is 0 Å². The number of halogens is 1. The van der Waals surface area contributed by atoms with Crippen molar-refractivity contribution in [1.29, 1.82) is 0 Å². The van der Waals surface area contributed by atoms with Gasteiger partial charge in [0, 0.05) is 29.0 Å². The zero-order valence-electron chi connectivity index (χ0n) is 10.8. The van der Waals surface area contributed by atoms with E-state index in [-0.39, 0.29) is 0 Å². The van der Waals surface area contributed by atoms with Crippen molar-refractivity contribution in [3.05, 3.63) is 59.4 Å². The van der Waals surface area contributed by atoms with E-state index in [9.17, 15) is 0 Å². The molecule has 2 N–H and O–H groups in total. The number of benzene rings is 1. The van der Waals surface area contributed by atoms with Gasteiger partial charge in [0.15, 0.2) is 0 Å². The Labute approximate surface area is 122 Å². The van der Waals surface area contributed by atoms with E-state index in [1.165, 1.54) is 0 Å². The SMILES string of the molecule is Clc1cc(Nc2ccccn2)cc(C2=COCCN2)c1. The fourth-order valence-electron chi connectivity index (χ4n) is 2.00. The molecule has 0 unspecified atom stereocenters. The number of hydrogen-bond acceptors (Lipinski definition) is 4. The summed E-state index contributed by atoms with van der Waals surface area (Å²) in [5, 5.41) is 7.18. The summed E-state index contributed by atoms with van der Waals surface area (Å²) in [5.41, 5.74) is 2.80. The van der Waals surface area contributed by atoms with E-state index in [1.807, 2.05) is 36.4 Å². The Morgan fingerprint density at radius 3 is 2.95 bits per heavy atom. The lowest BCUT2D eigenvalue weighted by atomic mass is 10.1. The smallest absolute Gasteiger partial charge is 0.130 e. The molecule has 0 aliphatic carbocycles. The van der Waals surface area contributed by atoms with Crippen LogP contribution in [0.1, 0.15) is 5.56 Å². The van der Waals surface area contributed by atoms with Gasteiger partial charge in [-0.05, 0) is 30.3 Å². The quantitative estimate of drug-likeness (QED) is 0.908. The van der Waals surface area contributed by atoms with Crippen LogP contribution in [0.5, 0.6) is 0 Å². The maximum atomic E-state index is 6.18. The van der Waals surface area contributed by atoms with Crippen molar-refractivity contribution >= 4 is 28.8 Å². The van der Waals surface area contributed by atoms with E-state index < -0.39 is 0 Å². The molecule has 0 saturated carbocycles. The minimum atomic E-state index is 0.661. The first-order valence-corrected chi connectivity index (χ1v) is 6.74. The van der Waals surface area contributed by atoms with Crippen molar-refractivity contribution in [3.63, 3.8) is 0 Å². The van der Waals surface area contributed by atoms with E-state index in [2.05, 4.69) is 15.6 Å². The van der Waals surface area contributed by atoms with Crippen molar-refractivity contribution in [1.82, 2.24) is 10.3 Å². The van der Waals surface area contributed by atoms with Gasteiger partial charge in [0.2, 0.25) is 0 Å². The predicted molar refractivity (Wildman–Crippen MR) is 80.9 cm³/mol. The molecular weight excluding hydrogens is 274 g/mol. The average Bonchev–Trinajstić information content (AvgIpc) is 2.49. The van der Waals surface area contributed by atoms with Crippen LogP contribution >= 0.6 is 11.6 Å². The van der Waals surface area contributed by atoms with Gasteiger partial charge in [-0.25, -0.2) is 4.98 Å². The third kappa shape index (κ3) is 3.03. The molecule has 0 saturated heterocycles. The molecule has 0 spiro atoms. The van der Waals surface area contributed by atoms with Crippen LogP contribution in [-0.4, -0.2) is 18.1 Å². The molecule has 1 aromatic heterocycles. The van der Waals surface area contributed by atoms with Crippen LogP contribution in [-0.2, 0) is 4.74 Å². The largest absolute Gasteiger partial charge is 0.497 e. The third-order valence-electron chi connectivity index (χ3n) is 2.88. The molecule has 0 atom stereocenters. The van der Waals surface area contributed by atoms with Crippen molar-refractivity contribution in [2.24, 2.45) is 0 Å². The maximum Gasteiger partial charge on any atom is 0.130 e. The molecule has 0 radical (unpaired) electrons. The number of hydrogen-bond donors (Lipinski definition) is 2. The highest BCUT2D eigenvalue weighted by molar-refractivity contribution is 6.31. The van der Waals surface area contributed by atoms with Crippen LogP contribution in [0.4, 0.5) is 11.5 Å². The second-order valence-corrected chi connectivity index (χ2v) is 4.83. The standard InChI is InChI=1S/C15H14ClN3O/c16-12-7-11(14-10-20-6-5-17-14)8-13(9-12)19-15-3-1-2-4-18-15/h1-4,7-10,17H,5-6H2,(H,18,19). The summed E-state index contributed by atoms with van der Waals surface area (Å²) in [6, 6.07) is 11.5. The molecule has 0 amide bonds. The molecule has 3 rings (SSSR count). The minimum Gasteiger partial charge on any atom is -0.497 e. The fourth-order valence-corrected chi connectivity index (χ4v) is 2.24. The number of nitrogens with zero attached hydrogens (tertiary/aromatic N) is 1. The summed E-state index contributed by atoms with van der Waals surface area (Å²) in [7, 11) is 0. The molecule has 2 aromatic rings. The van der Waals surface area contributed by atoms with Crippen molar-refractivity contribution in [2.75, 3.05) is 18.5 Å². The van der Waals surface area contributed by atoms with E-state index in [0.29, 0.717) is 11.6 Å². The number of rotatable bonds is 3. The lowest BCUT2D eigenvalue weighted by Crippen LogP contribution is -2.22. The number of ether oxygens (including phenoxy) is 1. The summed E-state index contributed by atoms with van der Waals surface area (Å²) < 4.78 is 5.33. The Morgan fingerprint density at radius 1 is 1.25 bits per heavy atom. The Bertz CT molecular complexity index is 628. The maximum absolute atomic E-state index is 6.18. The van der Waals surface area contributed by atoms with Gasteiger partial charge in [-0.15, -0.1) is 0 Å². The Hall–Kier alpha value is -2.20. The van der Waals surface area contributed by atoms with E-state index in [4.69, 9.17) is 16.3 Å². The van der Waals surface area contributed by atoms with Gasteiger partial charge in [-0.2, -0.15) is 0 Å². The van der Waals surface area contributed by atoms with E-state index >= 15 is 0 Å². The first-order valence-electron chi connectivity index (χ1n) is 6.36. The van der Waals surface area contributed by atoms with Gasteiger partial charge >= 0.3 is 0 Å². The number of aromatic nitrogens is 1. The van der Waals surface area contributed by atoms with Gasteiger partial charge in [0.05, 0.1) is 5.70 Å². The molecule has 20 heavy (non-hydrogen) atoms. The van der Waals surface area contributed by atoms with Gasteiger partial charge < -0.3 is 15.4 Å². The number of nitrogens with one attached hydrogen (secondary N) is 2. The average molecular weight is 288 g/mol. The molecule has 1 aromatic carbocycles. The van der Waals surface area contributed by atoms with Gasteiger partial charge in [-0.3, -0.25) is 0 Å². The second kappa shape index (κ2) is 5.84. The van der Waals surface area contributed by atoms with Crippen LogP contribution < -0.4 is 10.6 Å². The monoisotopic (exact) mass is 287 g/mol. The van der Waals surface area contributed by atoms with Gasteiger partial charge in [-0.1, -0.05) is 17.7 Å². The van der Waals surface area contributed by atoms with Crippen molar-refractivity contribution in [2.45, 2.75) is 0 Å². The molecule has 0 bridgehead atoms. The van der Waals surface area contributed by atoms with Crippen molar-refractivity contribution < 1.29 is 4.74 Å². The Morgan fingerprint density at radius 2 is 2.20 bits per heavy atom.